The van der Waals surface area contributed by atoms with Gasteiger partial charge in [0, 0.05) is 34.8 Å². The Bertz CT molecular complexity index is 704. The molecule has 0 fully saturated rings. The summed E-state index contributed by atoms with van der Waals surface area (Å²) < 4.78 is 6.00. The van der Waals surface area contributed by atoms with E-state index >= 15 is 0 Å². The fraction of sp³-hybridized carbons (Fsp3) is 0.267. The first-order valence-electron chi connectivity index (χ1n) is 6.72. The van der Waals surface area contributed by atoms with Gasteiger partial charge < -0.3 is 14.7 Å². The Kier molecular flexibility index (Phi) is 6.26. The number of amides is 1. The molecular formula is C15H15BrN2O4S. The lowest BCUT2D eigenvalue weighted by molar-refractivity contribution is 0.0681. The summed E-state index contributed by atoms with van der Waals surface area (Å²) in [5.74, 6) is -1.42. The van der Waals surface area contributed by atoms with E-state index in [1.165, 1.54) is 18.3 Å². The number of aromatic carboxylic acids is 1. The number of hydrogen-bond donors (Lipinski definition) is 1. The molecule has 23 heavy (non-hydrogen) atoms. The van der Waals surface area contributed by atoms with Crippen LogP contribution in [-0.4, -0.2) is 47.1 Å². The number of carboxylic acid groups (broad SMARTS) is 1. The molecule has 0 aliphatic carbocycles. The molecule has 0 aliphatic rings. The normalized spacial score (nSPS) is 10.5. The van der Waals surface area contributed by atoms with Crippen LogP contribution in [0.1, 0.15) is 25.7 Å². The largest absolute Gasteiger partial charge is 0.477 e. The number of rotatable bonds is 7. The molecule has 0 saturated heterocycles. The van der Waals surface area contributed by atoms with Crippen LogP contribution in [0, 0.1) is 0 Å². The van der Waals surface area contributed by atoms with Crippen molar-refractivity contribution >= 4 is 39.1 Å². The molecule has 8 heteroatoms. The number of thiophene rings is 1. The standard InChI is InChI=1S/C15H15BrN2O4S/c1-22-6-5-18(9-13-11(16)3-7-23-13)14(19)10-2-4-17-12(8-10)15(20)21/h2-4,7-8H,5-6,9H2,1H3,(H,20,21). The highest BCUT2D eigenvalue weighted by Gasteiger charge is 2.19. The van der Waals surface area contributed by atoms with Gasteiger partial charge in [0.1, 0.15) is 5.69 Å². The van der Waals surface area contributed by atoms with Gasteiger partial charge in [0.25, 0.3) is 5.91 Å². The average molecular weight is 399 g/mol. The summed E-state index contributed by atoms with van der Waals surface area (Å²) >= 11 is 5.00. The average Bonchev–Trinajstić information content (AvgIpc) is 2.95. The molecule has 0 aliphatic heterocycles. The van der Waals surface area contributed by atoms with Crippen LogP contribution < -0.4 is 0 Å². The molecule has 6 nitrogen and oxygen atoms in total. The van der Waals surface area contributed by atoms with E-state index in [2.05, 4.69) is 20.9 Å². The van der Waals surface area contributed by atoms with Crippen LogP contribution in [0.2, 0.25) is 0 Å². The van der Waals surface area contributed by atoms with E-state index in [-0.39, 0.29) is 11.6 Å². The highest BCUT2D eigenvalue weighted by molar-refractivity contribution is 9.10. The Morgan fingerprint density at radius 3 is 2.83 bits per heavy atom. The van der Waals surface area contributed by atoms with Crippen LogP contribution in [0.5, 0.6) is 0 Å². The predicted octanol–water partition coefficient (Wildman–Crippen LogP) is 2.89. The zero-order chi connectivity index (χ0) is 16.8. The number of methoxy groups -OCH3 is 1. The van der Waals surface area contributed by atoms with Gasteiger partial charge in [-0.25, -0.2) is 9.78 Å². The summed E-state index contributed by atoms with van der Waals surface area (Å²) in [5.41, 5.74) is 0.140. The number of aromatic nitrogens is 1. The quantitative estimate of drug-likeness (QED) is 0.775. The van der Waals surface area contributed by atoms with Crippen molar-refractivity contribution in [3.8, 4) is 0 Å². The van der Waals surface area contributed by atoms with Crippen LogP contribution in [0.4, 0.5) is 0 Å². The Morgan fingerprint density at radius 1 is 1.43 bits per heavy atom. The smallest absolute Gasteiger partial charge is 0.354 e. The molecule has 0 bridgehead atoms. The van der Waals surface area contributed by atoms with E-state index < -0.39 is 5.97 Å². The van der Waals surface area contributed by atoms with Gasteiger partial charge in [0.05, 0.1) is 13.2 Å². The first-order chi connectivity index (χ1) is 11.0. The Balaban J connectivity index is 2.23. The Hall–Kier alpha value is -1.77. The molecule has 2 heterocycles. The third kappa shape index (κ3) is 4.60. The number of carboxylic acids is 1. The number of hydrogen-bond acceptors (Lipinski definition) is 5. The SMILES string of the molecule is COCCN(Cc1sccc1Br)C(=O)c1ccnc(C(=O)O)c1. The summed E-state index contributed by atoms with van der Waals surface area (Å²) in [7, 11) is 1.57. The molecule has 0 spiro atoms. The summed E-state index contributed by atoms with van der Waals surface area (Å²) in [6.07, 6.45) is 1.33. The number of ether oxygens (including phenoxy) is 1. The zero-order valence-electron chi connectivity index (χ0n) is 12.4. The zero-order valence-corrected chi connectivity index (χ0v) is 14.8. The molecule has 1 amide bonds. The maximum Gasteiger partial charge on any atom is 0.354 e. The summed E-state index contributed by atoms with van der Waals surface area (Å²) in [6.45, 7) is 1.22. The van der Waals surface area contributed by atoms with Gasteiger partial charge in [0.2, 0.25) is 0 Å². The molecule has 2 aromatic heterocycles. The molecule has 122 valence electrons. The highest BCUT2D eigenvalue weighted by atomic mass is 79.9. The summed E-state index contributed by atoms with van der Waals surface area (Å²) in [6, 6.07) is 4.72. The monoisotopic (exact) mass is 398 g/mol. The molecule has 0 radical (unpaired) electrons. The molecule has 0 atom stereocenters. The number of carbonyl (C=O) groups is 2. The summed E-state index contributed by atoms with van der Waals surface area (Å²) in [4.78, 5) is 30.1. The highest BCUT2D eigenvalue weighted by Crippen LogP contribution is 2.24. The van der Waals surface area contributed by atoms with E-state index in [9.17, 15) is 9.59 Å². The number of pyridine rings is 1. The lowest BCUT2D eigenvalue weighted by atomic mass is 10.2. The van der Waals surface area contributed by atoms with E-state index in [0.717, 1.165) is 9.35 Å². The minimum atomic E-state index is -1.16. The van der Waals surface area contributed by atoms with Crippen molar-refractivity contribution < 1.29 is 19.4 Å². The first kappa shape index (κ1) is 17.6. The minimum absolute atomic E-state index is 0.153. The second-order valence-electron chi connectivity index (χ2n) is 4.65. The molecule has 0 saturated carbocycles. The van der Waals surface area contributed by atoms with Crippen molar-refractivity contribution in [2.24, 2.45) is 0 Å². The van der Waals surface area contributed by atoms with Crippen LogP contribution in [-0.2, 0) is 11.3 Å². The fourth-order valence-electron chi connectivity index (χ4n) is 1.93. The number of halogens is 1. The van der Waals surface area contributed by atoms with Crippen LogP contribution in [0.3, 0.4) is 0 Å². The Labute approximate surface area is 145 Å². The predicted molar refractivity (Wildman–Crippen MR) is 89.8 cm³/mol. The van der Waals surface area contributed by atoms with Crippen LogP contribution in [0.25, 0.3) is 0 Å². The van der Waals surface area contributed by atoms with Crippen molar-refractivity contribution in [1.82, 2.24) is 9.88 Å². The lowest BCUT2D eigenvalue weighted by Gasteiger charge is -2.22. The first-order valence-corrected chi connectivity index (χ1v) is 8.39. The van der Waals surface area contributed by atoms with Crippen molar-refractivity contribution in [3.63, 3.8) is 0 Å². The van der Waals surface area contributed by atoms with Gasteiger partial charge in [0.15, 0.2) is 0 Å². The minimum Gasteiger partial charge on any atom is -0.477 e. The van der Waals surface area contributed by atoms with Gasteiger partial charge in [-0.15, -0.1) is 11.3 Å². The van der Waals surface area contributed by atoms with Crippen molar-refractivity contribution in [3.05, 3.63) is 50.4 Å². The van der Waals surface area contributed by atoms with Gasteiger partial charge in [-0.05, 0) is 39.5 Å². The van der Waals surface area contributed by atoms with Gasteiger partial charge in [-0.1, -0.05) is 0 Å². The van der Waals surface area contributed by atoms with Crippen LogP contribution >= 0.6 is 27.3 Å². The molecule has 2 aromatic rings. The van der Waals surface area contributed by atoms with Gasteiger partial charge >= 0.3 is 5.97 Å². The van der Waals surface area contributed by atoms with Crippen molar-refractivity contribution in [2.45, 2.75) is 6.54 Å². The summed E-state index contributed by atoms with van der Waals surface area (Å²) in [5, 5.41) is 10.9. The van der Waals surface area contributed by atoms with Gasteiger partial charge in [-0.2, -0.15) is 0 Å². The third-order valence-electron chi connectivity index (χ3n) is 3.10. The fourth-order valence-corrected chi connectivity index (χ4v) is 3.42. The number of nitrogens with zero attached hydrogens (tertiary/aromatic N) is 2. The third-order valence-corrected chi connectivity index (χ3v) is 5.02. The maximum atomic E-state index is 12.7. The Morgan fingerprint density at radius 2 is 2.22 bits per heavy atom. The van der Waals surface area contributed by atoms with E-state index in [0.29, 0.717) is 25.3 Å². The van der Waals surface area contributed by atoms with Crippen LogP contribution in [0.15, 0.2) is 34.2 Å². The molecule has 0 unspecified atom stereocenters. The number of carbonyl (C=O) groups excluding carboxylic acids is 1. The lowest BCUT2D eigenvalue weighted by Crippen LogP contribution is -2.33. The second-order valence-corrected chi connectivity index (χ2v) is 6.50. The molecule has 0 aromatic carbocycles. The molecular weight excluding hydrogens is 384 g/mol. The molecule has 2 rings (SSSR count). The van der Waals surface area contributed by atoms with Crippen molar-refractivity contribution in [1.29, 1.82) is 0 Å². The van der Waals surface area contributed by atoms with E-state index in [4.69, 9.17) is 9.84 Å². The van der Waals surface area contributed by atoms with Crippen molar-refractivity contribution in [2.75, 3.05) is 20.3 Å². The molecule has 1 N–H and O–H groups in total. The van der Waals surface area contributed by atoms with E-state index in [1.54, 1.807) is 23.3 Å². The van der Waals surface area contributed by atoms with Gasteiger partial charge in [-0.3, -0.25) is 4.79 Å². The second kappa shape index (κ2) is 8.19. The topological polar surface area (TPSA) is 79.7 Å². The maximum absolute atomic E-state index is 12.7. The van der Waals surface area contributed by atoms with E-state index in [1.807, 2.05) is 11.4 Å².